The van der Waals surface area contributed by atoms with Crippen LogP contribution in [0.15, 0.2) is 0 Å². The molecule has 0 saturated heterocycles. The van der Waals surface area contributed by atoms with E-state index in [1.165, 1.54) is 0 Å². The number of amides is 1. The van der Waals surface area contributed by atoms with Crippen molar-refractivity contribution < 1.29 is 9.53 Å². The summed E-state index contributed by atoms with van der Waals surface area (Å²) in [6.07, 6.45) is 0.905. The highest BCUT2D eigenvalue weighted by Gasteiger charge is 2.06. The molecule has 1 amide bonds. The van der Waals surface area contributed by atoms with Gasteiger partial charge >= 0.3 is 0 Å². The highest BCUT2D eigenvalue weighted by molar-refractivity contribution is 5.79. The van der Waals surface area contributed by atoms with E-state index in [2.05, 4.69) is 5.32 Å². The average molecular weight is 175 g/mol. The zero-order chi connectivity index (χ0) is 9.40. The largest absolute Gasteiger partial charge is 0.385 e. The number of hydrogen-bond donors (Lipinski definition) is 3. The molecule has 5 N–H and O–H groups in total. The summed E-state index contributed by atoms with van der Waals surface area (Å²) >= 11 is 0. The van der Waals surface area contributed by atoms with Crippen molar-refractivity contribution in [3.8, 4) is 0 Å². The molecule has 0 rings (SSSR count). The molecule has 5 heteroatoms. The second kappa shape index (κ2) is 7.02. The average Bonchev–Trinajstić information content (AvgIpc) is 2.03. The summed E-state index contributed by atoms with van der Waals surface area (Å²) in [6.45, 7) is 1.92. The van der Waals surface area contributed by atoms with Gasteiger partial charge in [-0.2, -0.15) is 0 Å². The van der Waals surface area contributed by atoms with E-state index in [0.717, 1.165) is 13.0 Å². The number of rotatable bonds is 7. The Kier molecular flexibility index (Phi) is 6.64. The molecular formula is C7H17N3O2. The Morgan fingerprint density at radius 3 is 2.83 bits per heavy atom. The minimum atomic E-state index is -0.590. The van der Waals surface area contributed by atoms with E-state index in [-0.39, 0.29) is 0 Å². The van der Waals surface area contributed by atoms with Gasteiger partial charge in [-0.15, -0.1) is 0 Å². The maximum Gasteiger partial charge on any atom is 0.235 e. The van der Waals surface area contributed by atoms with E-state index in [4.69, 9.17) is 16.2 Å². The third-order valence-electron chi connectivity index (χ3n) is 1.43. The number of ether oxygens (including phenoxy) is 1. The fourth-order valence-electron chi connectivity index (χ4n) is 0.700. The maximum absolute atomic E-state index is 10.5. The lowest BCUT2D eigenvalue weighted by Crippen LogP contribution is -2.44. The van der Waals surface area contributed by atoms with E-state index >= 15 is 0 Å². The summed E-state index contributed by atoms with van der Waals surface area (Å²) < 4.78 is 4.83. The molecule has 0 aliphatic carbocycles. The Morgan fingerprint density at radius 1 is 1.67 bits per heavy atom. The first kappa shape index (κ1) is 11.4. The second-order valence-electron chi connectivity index (χ2n) is 2.56. The molecule has 0 bridgehead atoms. The number of primary amides is 1. The van der Waals surface area contributed by atoms with Gasteiger partial charge in [0.1, 0.15) is 0 Å². The molecule has 0 aromatic rings. The highest BCUT2D eigenvalue weighted by atomic mass is 16.5. The van der Waals surface area contributed by atoms with E-state index in [1.54, 1.807) is 7.11 Å². The van der Waals surface area contributed by atoms with Crippen molar-refractivity contribution in [1.29, 1.82) is 0 Å². The molecule has 0 aliphatic rings. The molecule has 0 radical (unpaired) electrons. The molecule has 0 aliphatic heterocycles. The van der Waals surface area contributed by atoms with Crippen LogP contribution in [0.1, 0.15) is 6.42 Å². The molecule has 0 spiro atoms. The fraction of sp³-hybridized carbons (Fsp3) is 0.857. The molecule has 72 valence electrons. The molecular weight excluding hydrogens is 158 g/mol. The molecule has 5 nitrogen and oxygen atoms in total. The van der Waals surface area contributed by atoms with Crippen molar-refractivity contribution in [2.24, 2.45) is 11.5 Å². The van der Waals surface area contributed by atoms with Crippen molar-refractivity contribution in [3.05, 3.63) is 0 Å². The first-order chi connectivity index (χ1) is 5.68. The highest BCUT2D eigenvalue weighted by Crippen LogP contribution is 1.78. The van der Waals surface area contributed by atoms with Crippen LogP contribution in [0.4, 0.5) is 0 Å². The topological polar surface area (TPSA) is 90.4 Å². The molecule has 12 heavy (non-hydrogen) atoms. The Bertz CT molecular complexity index is 130. The third kappa shape index (κ3) is 6.09. The van der Waals surface area contributed by atoms with Crippen LogP contribution >= 0.6 is 0 Å². The zero-order valence-electron chi connectivity index (χ0n) is 7.38. The Hall–Kier alpha value is -0.650. The number of carbonyl (C=O) groups is 1. The number of carbonyl (C=O) groups excluding carboxylic acids is 1. The summed E-state index contributed by atoms with van der Waals surface area (Å²) in [4.78, 5) is 10.5. The quantitative estimate of drug-likeness (QED) is 0.407. The first-order valence-electron chi connectivity index (χ1n) is 3.93. The Morgan fingerprint density at radius 2 is 2.33 bits per heavy atom. The Balaban J connectivity index is 3.14. The van der Waals surface area contributed by atoms with E-state index < -0.39 is 11.9 Å². The SMILES string of the molecule is COCCCNCC(N)C(N)=O. The molecule has 0 saturated carbocycles. The van der Waals surface area contributed by atoms with Gasteiger partial charge in [0.25, 0.3) is 0 Å². The first-order valence-corrected chi connectivity index (χ1v) is 3.93. The number of nitrogens with one attached hydrogen (secondary N) is 1. The minimum absolute atomic E-state index is 0.430. The zero-order valence-corrected chi connectivity index (χ0v) is 7.38. The fourth-order valence-corrected chi connectivity index (χ4v) is 0.700. The van der Waals surface area contributed by atoms with Gasteiger partial charge in [-0.25, -0.2) is 0 Å². The summed E-state index contributed by atoms with van der Waals surface area (Å²) in [7, 11) is 1.65. The number of hydrogen-bond acceptors (Lipinski definition) is 4. The van der Waals surface area contributed by atoms with Crippen LogP contribution in [0.2, 0.25) is 0 Å². The van der Waals surface area contributed by atoms with Crippen LogP contribution in [0.5, 0.6) is 0 Å². The van der Waals surface area contributed by atoms with Crippen molar-refractivity contribution in [2.75, 3.05) is 26.8 Å². The van der Waals surface area contributed by atoms with Crippen LogP contribution in [-0.2, 0) is 9.53 Å². The van der Waals surface area contributed by atoms with Gasteiger partial charge in [0, 0.05) is 20.3 Å². The molecule has 1 atom stereocenters. The maximum atomic E-state index is 10.5. The van der Waals surface area contributed by atoms with Crippen LogP contribution in [0.25, 0.3) is 0 Å². The van der Waals surface area contributed by atoms with Gasteiger partial charge in [-0.05, 0) is 13.0 Å². The molecule has 0 aromatic heterocycles. The van der Waals surface area contributed by atoms with E-state index in [1.807, 2.05) is 0 Å². The monoisotopic (exact) mass is 175 g/mol. The predicted molar refractivity (Wildman–Crippen MR) is 46.5 cm³/mol. The van der Waals surface area contributed by atoms with E-state index in [0.29, 0.717) is 13.2 Å². The van der Waals surface area contributed by atoms with Crippen molar-refractivity contribution in [2.45, 2.75) is 12.5 Å². The van der Waals surface area contributed by atoms with Crippen molar-refractivity contribution in [3.63, 3.8) is 0 Å². The van der Waals surface area contributed by atoms with Gasteiger partial charge in [0.05, 0.1) is 6.04 Å². The Labute approximate surface area is 72.4 Å². The lowest BCUT2D eigenvalue weighted by atomic mass is 10.3. The molecule has 0 fully saturated rings. The third-order valence-corrected chi connectivity index (χ3v) is 1.43. The molecule has 0 heterocycles. The second-order valence-corrected chi connectivity index (χ2v) is 2.56. The normalized spacial score (nSPS) is 12.8. The van der Waals surface area contributed by atoms with Gasteiger partial charge < -0.3 is 21.5 Å². The standard InChI is InChI=1S/C7H17N3O2/c1-12-4-2-3-10-5-6(8)7(9)11/h6,10H,2-5,8H2,1H3,(H2,9,11). The summed E-state index contributed by atoms with van der Waals surface area (Å²) in [5, 5.41) is 3.00. The van der Waals surface area contributed by atoms with Crippen LogP contribution in [0.3, 0.4) is 0 Å². The van der Waals surface area contributed by atoms with Crippen molar-refractivity contribution in [1.82, 2.24) is 5.32 Å². The molecule has 1 unspecified atom stereocenters. The van der Waals surface area contributed by atoms with Crippen LogP contribution < -0.4 is 16.8 Å². The smallest absolute Gasteiger partial charge is 0.235 e. The van der Waals surface area contributed by atoms with E-state index in [9.17, 15) is 4.79 Å². The van der Waals surface area contributed by atoms with Gasteiger partial charge in [0.15, 0.2) is 0 Å². The van der Waals surface area contributed by atoms with Crippen LogP contribution in [-0.4, -0.2) is 38.8 Å². The van der Waals surface area contributed by atoms with Crippen LogP contribution in [0, 0.1) is 0 Å². The van der Waals surface area contributed by atoms with Gasteiger partial charge in [-0.3, -0.25) is 4.79 Å². The molecule has 0 aromatic carbocycles. The van der Waals surface area contributed by atoms with Gasteiger partial charge in [0.2, 0.25) is 5.91 Å². The summed E-state index contributed by atoms with van der Waals surface area (Å²) in [5.74, 6) is -0.478. The van der Waals surface area contributed by atoms with Crippen molar-refractivity contribution >= 4 is 5.91 Å². The predicted octanol–water partition coefficient (Wildman–Crippen LogP) is -1.57. The minimum Gasteiger partial charge on any atom is -0.385 e. The lowest BCUT2D eigenvalue weighted by Gasteiger charge is -2.08. The number of methoxy groups -OCH3 is 1. The summed E-state index contributed by atoms with van der Waals surface area (Å²) in [6, 6.07) is -0.590. The lowest BCUT2D eigenvalue weighted by molar-refractivity contribution is -0.119. The number of nitrogens with two attached hydrogens (primary N) is 2. The van der Waals surface area contributed by atoms with Gasteiger partial charge in [-0.1, -0.05) is 0 Å². The summed E-state index contributed by atoms with van der Waals surface area (Å²) in [5.41, 5.74) is 10.3.